The van der Waals surface area contributed by atoms with E-state index in [0.29, 0.717) is 169 Å². The standard InChI is InChI=1S/C42H50O10Si.C41H44O6.C35H40O6.2CH4/c1-7-8-9-12-31-13-15-32(16-14-31)35-25-33(19-23-48-41(43)29(2)3)40(34(26-35)20-24-49-42(44)30(4)5)52-39-28-50-38-27-36(17-18-37(38)39)47-21-10-11-22-51-53(45)46-6;1-4-5-6-9-30-10-12-31(13-11-30)32-14-16-33(17-15-32)34-18-21-38(35(26-34)22-25-45-41(43)29(2)3)47-40-28-46-39-27-36(19-20-37(39)40)44-24-8-7-23-42;1-4-5-6-9-26-10-12-27(13-11-26)28-14-17-32(29(22-28)18-21-39-35(37)25(2)3)41-34-24-40-33-23-30(15-16-31(33)34)38-20-8-7-19-36;;/h13-18,25-28H,2,4,7-12,19-24H2,1,3,5-6H3;10-21,26-28,42H,2,4-9,22-25H2,1,3H3;10-17,22-24,36H,2,4-9,18-21H2,1,3H3;2*1H4. The van der Waals surface area contributed by atoms with E-state index < -0.39 is 33.0 Å². The van der Waals surface area contributed by atoms with Crippen molar-refractivity contribution in [2.75, 3.05) is 73.2 Å². The molecule has 0 unspecified atom stereocenters. The Morgan fingerprint density at radius 1 is 0.308 bits per heavy atom. The van der Waals surface area contributed by atoms with Gasteiger partial charge in [0.25, 0.3) is 0 Å². The molecule has 22 nitrogen and oxygen atoms in total. The van der Waals surface area contributed by atoms with Gasteiger partial charge in [0, 0.05) is 79.4 Å². The van der Waals surface area contributed by atoms with Crippen LogP contribution in [0.2, 0.25) is 0 Å². The topological polar surface area (TPSA) is 276 Å². The van der Waals surface area contributed by atoms with E-state index in [1.165, 1.54) is 86.3 Å². The molecule has 0 radical (unpaired) electrons. The van der Waals surface area contributed by atoms with E-state index in [-0.39, 0.29) is 54.5 Å². The number of aliphatic hydroxyl groups is 2. The van der Waals surface area contributed by atoms with Crippen molar-refractivity contribution in [1.29, 1.82) is 0 Å². The summed E-state index contributed by atoms with van der Waals surface area (Å²) in [6.45, 7) is 30.6. The van der Waals surface area contributed by atoms with Gasteiger partial charge in [0.15, 0.2) is 17.2 Å². The molecule has 143 heavy (non-hydrogen) atoms. The fourth-order valence-electron chi connectivity index (χ4n) is 15.4. The molecule has 0 bridgehead atoms. The molecule has 0 aliphatic carbocycles. The minimum absolute atomic E-state index is 0. The zero-order chi connectivity index (χ0) is 100. The Morgan fingerprint density at radius 3 is 0.916 bits per heavy atom. The van der Waals surface area contributed by atoms with Crippen LogP contribution in [-0.2, 0) is 96.4 Å². The van der Waals surface area contributed by atoms with Gasteiger partial charge in [0.2, 0.25) is 0 Å². The van der Waals surface area contributed by atoms with Crippen LogP contribution in [-0.4, -0.2) is 116 Å². The molecule has 0 fully saturated rings. The van der Waals surface area contributed by atoms with Crippen LogP contribution in [0.3, 0.4) is 0 Å². The fraction of sp³-hybridized carbons (Fsp3) is 0.350. The van der Waals surface area contributed by atoms with Crippen molar-refractivity contribution in [2.45, 2.75) is 205 Å². The number of unbranched alkanes of at least 4 members (excludes halogenated alkanes) is 9. The number of carbonyl (C=O) groups is 4. The van der Waals surface area contributed by atoms with Gasteiger partial charge >= 0.3 is 33.0 Å². The lowest BCUT2D eigenvalue weighted by Crippen LogP contribution is -2.11. The third-order valence-corrected chi connectivity index (χ3v) is 24.3. The monoisotopic (exact) mass is 1960 g/mol. The molecule has 3 aromatic heterocycles. The van der Waals surface area contributed by atoms with E-state index in [9.17, 15) is 23.6 Å². The van der Waals surface area contributed by atoms with Gasteiger partial charge in [-0.05, 0) is 261 Å². The fourth-order valence-corrected chi connectivity index (χ4v) is 15.9. The van der Waals surface area contributed by atoms with Crippen molar-refractivity contribution in [3.63, 3.8) is 0 Å². The summed E-state index contributed by atoms with van der Waals surface area (Å²) >= 11 is 0. The molecule has 3 heterocycles. The number of aryl methyl sites for hydroxylation is 3. The summed E-state index contributed by atoms with van der Waals surface area (Å²) in [6.07, 6.45) is 24.9. The van der Waals surface area contributed by atoms with Gasteiger partial charge in [-0.3, -0.25) is 4.46 Å². The molecule has 0 atom stereocenters. The van der Waals surface area contributed by atoms with Crippen molar-refractivity contribution in [2.24, 2.45) is 0 Å². The first-order valence-corrected chi connectivity index (χ1v) is 50.2. The van der Waals surface area contributed by atoms with Gasteiger partial charge in [-0.1, -0.05) is 210 Å². The number of ether oxygens (including phenoxy) is 10. The molecule has 13 rings (SSSR count). The predicted octanol–water partition coefficient (Wildman–Crippen LogP) is 29.0. The maximum atomic E-state index is 12.3. The van der Waals surface area contributed by atoms with Gasteiger partial charge in [-0.2, -0.15) is 0 Å². The van der Waals surface area contributed by atoms with Crippen LogP contribution >= 0.6 is 0 Å². The summed E-state index contributed by atoms with van der Waals surface area (Å²) < 4.78 is 97.3. The maximum Gasteiger partial charge on any atom is 0.767 e. The number of benzene rings is 10. The predicted molar refractivity (Wildman–Crippen MR) is 569 cm³/mol. The van der Waals surface area contributed by atoms with Gasteiger partial charge in [-0.15, -0.1) is 0 Å². The minimum atomic E-state index is -2.42. The number of aliphatic hydroxyl groups excluding tert-OH is 2. The molecule has 0 saturated heterocycles. The molecule has 0 amide bonds. The lowest BCUT2D eigenvalue weighted by atomic mass is 9.95. The zero-order valence-corrected chi connectivity index (χ0v) is 83.8. The van der Waals surface area contributed by atoms with E-state index in [1.807, 2.05) is 84.9 Å². The molecule has 23 heteroatoms. The molecule has 0 saturated carbocycles. The van der Waals surface area contributed by atoms with Gasteiger partial charge in [0.05, 0.1) is 76.1 Å². The van der Waals surface area contributed by atoms with Gasteiger partial charge < -0.3 is 79.7 Å². The summed E-state index contributed by atoms with van der Waals surface area (Å²) in [5.74, 6) is 3.83. The second kappa shape index (κ2) is 59.7. The Bertz CT molecular complexity index is 6220. The Balaban J connectivity index is 0.000000239. The molecule has 0 spiro atoms. The normalized spacial score (nSPS) is 10.8. The van der Waals surface area contributed by atoms with Gasteiger partial charge in [0.1, 0.15) is 70.0 Å². The van der Waals surface area contributed by atoms with E-state index in [1.54, 1.807) is 52.6 Å². The lowest BCUT2D eigenvalue weighted by molar-refractivity contribution is -0.139. The highest BCUT2D eigenvalue weighted by Crippen LogP contribution is 2.43. The first-order valence-electron chi connectivity index (χ1n) is 49.0. The average Bonchev–Trinajstić information content (AvgIpc) is 1.65. The maximum absolute atomic E-state index is 12.3. The molecular weight excluding hydrogens is 1820 g/mol. The summed E-state index contributed by atoms with van der Waals surface area (Å²) in [4.78, 5) is 48.6. The Morgan fingerprint density at radius 2 is 0.594 bits per heavy atom. The molecule has 0 aliphatic rings. The molecule has 2 N–H and O–H groups in total. The molecule has 10 aromatic carbocycles. The van der Waals surface area contributed by atoms with Crippen molar-refractivity contribution in [1.82, 2.24) is 0 Å². The van der Waals surface area contributed by atoms with Crippen molar-refractivity contribution in [3.8, 4) is 96.3 Å². The highest BCUT2D eigenvalue weighted by molar-refractivity contribution is 6.26. The number of rotatable bonds is 56. The molecule has 0 aliphatic heterocycles. The van der Waals surface area contributed by atoms with Crippen LogP contribution in [0.5, 0.6) is 51.7 Å². The quantitative estimate of drug-likeness (QED) is 0.0118. The number of furan rings is 3. The summed E-state index contributed by atoms with van der Waals surface area (Å²) in [5, 5.41) is 20.3. The minimum Gasteiger partial charge on any atom is -0.499 e. The highest BCUT2D eigenvalue weighted by atomic mass is 28.3. The largest absolute Gasteiger partial charge is 0.767 e. The van der Waals surface area contributed by atoms with Crippen LogP contribution in [0.1, 0.15) is 199 Å². The van der Waals surface area contributed by atoms with Crippen LogP contribution in [0.4, 0.5) is 0 Å². The first-order chi connectivity index (χ1) is 68.5. The molecular formula is C120H142O22Si. The summed E-state index contributed by atoms with van der Waals surface area (Å²) in [7, 11) is -1.07. The number of carbonyl (C=O) groups excluding carboxylic acids is 4. The third-order valence-electron chi connectivity index (χ3n) is 23.5. The van der Waals surface area contributed by atoms with Crippen molar-refractivity contribution >= 4 is 66.0 Å². The SMILES string of the molecule is C.C.C=C(C)C(=O)OCCc1cc(-c2ccc(-c3ccc(CCCCC)cc3)cc2)ccc1Oc1coc2cc(OCCCCO)ccc12.C=C(C)C(=O)OCCc1cc(-c2ccc(CCCCC)cc2)cc(CCOC(=O)C(=C)C)c1Oc1coc2cc(OCCCCO[Si](=O)OC)ccc12.C=C(C)C(=O)OCCc1cc(-c2ccc(CCCCC)cc2)ccc1Oc1coc2cc(OCCCCO)ccc12. The molecule has 13 aromatic rings. The van der Waals surface area contributed by atoms with Crippen molar-refractivity contribution in [3.05, 3.63) is 307 Å². The molecule has 758 valence electrons. The Kier molecular flexibility index (Phi) is 47.0. The summed E-state index contributed by atoms with van der Waals surface area (Å²) in [5.41, 5.74) is 19.4. The Hall–Kier alpha value is -14.0. The van der Waals surface area contributed by atoms with Crippen molar-refractivity contribution < 1.29 is 103 Å². The lowest BCUT2D eigenvalue weighted by Gasteiger charge is -2.18. The van der Waals surface area contributed by atoms with E-state index in [4.69, 9.17) is 75.3 Å². The van der Waals surface area contributed by atoms with E-state index in [0.717, 1.165) is 110 Å². The first kappa shape index (κ1) is 113. The van der Waals surface area contributed by atoms with Crippen LogP contribution in [0, 0.1) is 0 Å². The second-order valence-corrected chi connectivity index (χ2v) is 36.2. The zero-order valence-electron chi connectivity index (χ0n) is 82.8. The number of hydrogen-bond acceptors (Lipinski definition) is 22. The van der Waals surface area contributed by atoms with E-state index in [2.05, 4.69) is 161 Å². The average molecular weight is 1960 g/mol. The van der Waals surface area contributed by atoms with Crippen LogP contribution in [0.15, 0.2) is 281 Å². The highest BCUT2D eigenvalue weighted by Gasteiger charge is 2.23. The van der Waals surface area contributed by atoms with Crippen LogP contribution in [0.25, 0.3) is 77.4 Å². The summed E-state index contributed by atoms with van der Waals surface area (Å²) in [6, 6.07) is 67.8. The number of fused-ring (bicyclic) bond motifs is 3. The third kappa shape index (κ3) is 35.3. The number of hydrogen-bond donors (Lipinski definition) is 2. The Labute approximate surface area is 844 Å². The number of esters is 4. The van der Waals surface area contributed by atoms with Crippen LogP contribution < -0.4 is 28.4 Å². The van der Waals surface area contributed by atoms with E-state index >= 15 is 0 Å². The smallest absolute Gasteiger partial charge is 0.499 e. The van der Waals surface area contributed by atoms with Gasteiger partial charge in [-0.25, -0.2) is 19.2 Å². The second-order valence-electron chi connectivity index (χ2n) is 35.0.